The third kappa shape index (κ3) is 4.60. The number of carboxylic acids is 1. The van der Waals surface area contributed by atoms with Gasteiger partial charge in [0.05, 0.1) is 16.8 Å². The number of benzene rings is 2. The quantitative estimate of drug-likeness (QED) is 0.618. The van der Waals surface area contributed by atoms with Gasteiger partial charge in [0.1, 0.15) is 0 Å². The molecule has 0 radical (unpaired) electrons. The highest BCUT2D eigenvalue weighted by Crippen LogP contribution is 2.34. The van der Waals surface area contributed by atoms with E-state index in [4.69, 9.17) is 4.98 Å². The van der Waals surface area contributed by atoms with Crippen molar-refractivity contribution in [1.29, 1.82) is 0 Å². The molecule has 1 aliphatic rings. The summed E-state index contributed by atoms with van der Waals surface area (Å²) in [5, 5.41) is 13.4. The summed E-state index contributed by atoms with van der Waals surface area (Å²) in [5.41, 5.74) is 5.22. The van der Waals surface area contributed by atoms with Crippen molar-refractivity contribution in [3.63, 3.8) is 0 Å². The summed E-state index contributed by atoms with van der Waals surface area (Å²) >= 11 is 0. The first kappa shape index (κ1) is 22.5. The van der Waals surface area contributed by atoms with Crippen LogP contribution in [0.1, 0.15) is 41.0 Å². The van der Waals surface area contributed by atoms with Gasteiger partial charge >= 0.3 is 5.97 Å². The highest BCUT2D eigenvalue weighted by atomic mass is 35.5. The molecule has 6 nitrogen and oxygen atoms in total. The van der Waals surface area contributed by atoms with Crippen LogP contribution in [0.25, 0.3) is 22.6 Å². The van der Waals surface area contributed by atoms with Crippen molar-refractivity contribution in [3.8, 4) is 0 Å². The Bertz CT molecular complexity index is 1170. The van der Waals surface area contributed by atoms with Gasteiger partial charge in [0.15, 0.2) is 0 Å². The summed E-state index contributed by atoms with van der Waals surface area (Å²) in [4.78, 5) is 30.5. The predicted octanol–water partition coefficient (Wildman–Crippen LogP) is 4.69. The molecule has 1 amide bonds. The second kappa shape index (κ2) is 9.29. The molecule has 4 rings (SSSR count). The number of para-hydroxylation sites is 1. The van der Waals surface area contributed by atoms with Gasteiger partial charge in [-0.1, -0.05) is 37.3 Å². The summed E-state index contributed by atoms with van der Waals surface area (Å²) in [6.07, 6.45) is 2.05. The van der Waals surface area contributed by atoms with E-state index in [0.29, 0.717) is 29.6 Å². The molecule has 160 valence electrons. The monoisotopic (exact) mass is 437 g/mol. The first-order valence-corrected chi connectivity index (χ1v) is 9.92. The Morgan fingerprint density at radius 1 is 1.13 bits per heavy atom. The number of carbonyl (C=O) groups excluding carboxylic acids is 1. The van der Waals surface area contributed by atoms with Crippen molar-refractivity contribution in [2.75, 3.05) is 18.4 Å². The fourth-order valence-electron chi connectivity index (χ4n) is 3.92. The predicted molar refractivity (Wildman–Crippen MR) is 126 cm³/mol. The number of likely N-dealkylation sites (N-methyl/N-ethyl adjacent to an activating group) is 1. The molecular weight excluding hydrogens is 414 g/mol. The van der Waals surface area contributed by atoms with Gasteiger partial charge in [0, 0.05) is 36.7 Å². The van der Waals surface area contributed by atoms with Gasteiger partial charge in [-0.25, -0.2) is 9.78 Å². The highest BCUT2D eigenvalue weighted by Gasteiger charge is 2.27. The minimum atomic E-state index is -0.929. The van der Waals surface area contributed by atoms with Crippen LogP contribution >= 0.6 is 12.4 Å². The molecule has 2 heterocycles. The smallest absolute Gasteiger partial charge is 0.336 e. The molecule has 0 atom stereocenters. The Morgan fingerprint density at radius 2 is 1.84 bits per heavy atom. The van der Waals surface area contributed by atoms with Crippen LogP contribution in [0.15, 0.2) is 48.5 Å². The SMILES string of the molecule is CCN1C/C(=C\c2ccc(NC(C)=O)cc2)c2nc3ccccc3c(C(=O)O)c2C1.Cl. The van der Waals surface area contributed by atoms with Gasteiger partial charge in [0.25, 0.3) is 0 Å². The molecule has 1 aliphatic heterocycles. The molecule has 2 N–H and O–H groups in total. The summed E-state index contributed by atoms with van der Waals surface area (Å²) in [6.45, 7) is 5.61. The average Bonchev–Trinajstić information content (AvgIpc) is 2.72. The van der Waals surface area contributed by atoms with Crippen LogP contribution in [0, 0.1) is 0 Å². The zero-order valence-electron chi connectivity index (χ0n) is 17.4. The van der Waals surface area contributed by atoms with E-state index in [9.17, 15) is 14.7 Å². The molecule has 0 unspecified atom stereocenters. The molecular formula is C24H24ClN3O3. The van der Waals surface area contributed by atoms with Crippen molar-refractivity contribution >= 4 is 52.5 Å². The normalized spacial score (nSPS) is 14.7. The lowest BCUT2D eigenvalue weighted by atomic mass is 9.92. The average molecular weight is 438 g/mol. The van der Waals surface area contributed by atoms with Gasteiger partial charge in [0.2, 0.25) is 5.91 Å². The van der Waals surface area contributed by atoms with E-state index < -0.39 is 5.97 Å². The number of nitrogens with zero attached hydrogens (tertiary/aromatic N) is 2. The standard InChI is InChI=1S/C24H23N3O3.ClH/c1-3-27-13-17(12-16-8-10-18(11-9-16)25-15(2)28)23-20(14-27)22(24(29)30)19-6-4-5-7-21(19)26-23;/h4-12H,3,13-14H2,1-2H3,(H,25,28)(H,29,30);1H/b17-12+;. The number of amides is 1. The van der Waals surface area contributed by atoms with Crippen LogP contribution in [0.4, 0.5) is 5.69 Å². The number of carboxylic acid groups (broad SMARTS) is 1. The Hall–Kier alpha value is -3.22. The lowest BCUT2D eigenvalue weighted by Gasteiger charge is -2.30. The van der Waals surface area contributed by atoms with Gasteiger partial charge < -0.3 is 10.4 Å². The molecule has 0 spiro atoms. The summed E-state index contributed by atoms with van der Waals surface area (Å²) < 4.78 is 0. The molecule has 0 bridgehead atoms. The van der Waals surface area contributed by atoms with Gasteiger partial charge in [-0.15, -0.1) is 12.4 Å². The first-order chi connectivity index (χ1) is 14.5. The fourth-order valence-corrected chi connectivity index (χ4v) is 3.92. The molecule has 2 aromatic carbocycles. The number of rotatable bonds is 4. The van der Waals surface area contributed by atoms with Crippen molar-refractivity contribution in [2.24, 2.45) is 0 Å². The number of hydrogen-bond acceptors (Lipinski definition) is 4. The Labute approximate surface area is 187 Å². The maximum absolute atomic E-state index is 12.2. The van der Waals surface area contributed by atoms with Gasteiger partial charge in [-0.2, -0.15) is 0 Å². The number of aromatic carboxylic acids is 1. The van der Waals surface area contributed by atoms with E-state index in [1.165, 1.54) is 6.92 Å². The van der Waals surface area contributed by atoms with Crippen molar-refractivity contribution in [2.45, 2.75) is 20.4 Å². The minimum absolute atomic E-state index is 0. The van der Waals surface area contributed by atoms with Crippen molar-refractivity contribution in [3.05, 3.63) is 70.9 Å². The van der Waals surface area contributed by atoms with Crippen molar-refractivity contribution < 1.29 is 14.7 Å². The van der Waals surface area contributed by atoms with E-state index in [1.807, 2.05) is 54.6 Å². The van der Waals surface area contributed by atoms with Crippen LogP contribution in [0.3, 0.4) is 0 Å². The van der Waals surface area contributed by atoms with Crippen LogP contribution in [-0.4, -0.2) is 40.0 Å². The van der Waals surface area contributed by atoms with Crippen molar-refractivity contribution in [1.82, 2.24) is 9.88 Å². The third-order valence-corrected chi connectivity index (χ3v) is 5.31. The van der Waals surface area contributed by atoms with E-state index in [0.717, 1.165) is 34.6 Å². The molecule has 0 aliphatic carbocycles. The molecule has 3 aromatic rings. The van der Waals surface area contributed by atoms with Crippen LogP contribution < -0.4 is 5.32 Å². The molecule has 7 heteroatoms. The number of carbonyl (C=O) groups is 2. The Kier molecular flexibility index (Phi) is 6.73. The number of hydrogen-bond donors (Lipinski definition) is 2. The molecule has 0 fully saturated rings. The number of halogens is 1. The largest absolute Gasteiger partial charge is 0.478 e. The van der Waals surface area contributed by atoms with Crippen LogP contribution in [0.5, 0.6) is 0 Å². The lowest BCUT2D eigenvalue weighted by molar-refractivity contribution is -0.114. The van der Waals surface area contributed by atoms with Crippen LogP contribution in [-0.2, 0) is 11.3 Å². The number of nitrogens with one attached hydrogen (secondary N) is 1. The Balaban J connectivity index is 0.00000272. The zero-order valence-corrected chi connectivity index (χ0v) is 18.2. The third-order valence-electron chi connectivity index (χ3n) is 5.31. The molecule has 31 heavy (non-hydrogen) atoms. The number of fused-ring (bicyclic) bond motifs is 2. The second-order valence-corrected chi connectivity index (χ2v) is 7.41. The maximum atomic E-state index is 12.2. The molecule has 1 aromatic heterocycles. The van der Waals surface area contributed by atoms with Gasteiger partial charge in [-0.05, 0) is 42.0 Å². The zero-order chi connectivity index (χ0) is 21.3. The van der Waals surface area contributed by atoms with Crippen LogP contribution in [0.2, 0.25) is 0 Å². The molecule has 0 saturated carbocycles. The van der Waals surface area contributed by atoms with E-state index in [2.05, 4.69) is 17.1 Å². The van der Waals surface area contributed by atoms with E-state index in [1.54, 1.807) is 0 Å². The summed E-state index contributed by atoms with van der Waals surface area (Å²) in [7, 11) is 0. The molecule has 0 saturated heterocycles. The summed E-state index contributed by atoms with van der Waals surface area (Å²) in [5.74, 6) is -1.04. The van der Waals surface area contributed by atoms with E-state index in [-0.39, 0.29) is 18.3 Å². The Morgan fingerprint density at radius 3 is 2.48 bits per heavy atom. The maximum Gasteiger partial charge on any atom is 0.336 e. The summed E-state index contributed by atoms with van der Waals surface area (Å²) in [6, 6.07) is 15.0. The van der Waals surface area contributed by atoms with Gasteiger partial charge in [-0.3, -0.25) is 9.69 Å². The minimum Gasteiger partial charge on any atom is -0.478 e. The van der Waals surface area contributed by atoms with E-state index >= 15 is 0 Å². The topological polar surface area (TPSA) is 82.5 Å². The number of pyridine rings is 1. The second-order valence-electron chi connectivity index (χ2n) is 7.41. The number of aromatic nitrogens is 1. The highest BCUT2D eigenvalue weighted by molar-refractivity contribution is 6.06. The number of anilines is 1. The fraction of sp³-hybridized carbons (Fsp3) is 0.208. The first-order valence-electron chi connectivity index (χ1n) is 9.92. The lowest BCUT2D eigenvalue weighted by Crippen LogP contribution is -2.31.